The predicted octanol–water partition coefficient (Wildman–Crippen LogP) is 6.26. The molecular formula is C24H36O3. The largest absolute Gasteiger partial charge is 0.508 e. The summed E-state index contributed by atoms with van der Waals surface area (Å²) in [5.41, 5.74) is -4.67. The van der Waals surface area contributed by atoms with Gasteiger partial charge in [0.05, 0.1) is 2.74 Å². The summed E-state index contributed by atoms with van der Waals surface area (Å²) in [5, 5.41) is 11.3. The van der Waals surface area contributed by atoms with Crippen LogP contribution in [0.25, 0.3) is 0 Å². The highest BCUT2D eigenvalue weighted by Gasteiger charge is 2.47. The molecule has 1 heterocycles. The number of hydrogen-bond donors (Lipinski definition) is 1. The molecule has 0 amide bonds. The molecule has 0 bridgehead atoms. The topological polar surface area (TPSA) is 46.5 Å². The highest BCUT2D eigenvalue weighted by Crippen LogP contribution is 2.54. The summed E-state index contributed by atoms with van der Waals surface area (Å²) in [6, 6.07) is -1.07. The Labute approximate surface area is 181 Å². The number of phenols is 1. The van der Waals surface area contributed by atoms with Crippen LogP contribution in [0.3, 0.4) is 0 Å². The van der Waals surface area contributed by atoms with Gasteiger partial charge in [0.2, 0.25) is 0 Å². The minimum absolute atomic E-state index is 0.0169. The van der Waals surface area contributed by atoms with Crippen LogP contribution in [0.2, 0.25) is 0 Å². The normalized spacial score (nSPS) is 35.3. The molecule has 0 spiro atoms. The van der Waals surface area contributed by atoms with E-state index >= 15 is 0 Å². The molecule has 3 nitrogen and oxygen atoms in total. The van der Waals surface area contributed by atoms with Crippen LogP contribution in [0, 0.1) is 5.92 Å². The molecule has 150 valence electrons. The molecular weight excluding hydrogens is 336 g/mol. The van der Waals surface area contributed by atoms with E-state index < -0.39 is 90.7 Å². The minimum Gasteiger partial charge on any atom is -0.508 e. The van der Waals surface area contributed by atoms with Gasteiger partial charge in [-0.05, 0) is 49.6 Å². The van der Waals surface area contributed by atoms with Crippen molar-refractivity contribution >= 4 is 5.78 Å². The van der Waals surface area contributed by atoms with Crippen LogP contribution >= 0.6 is 0 Å². The van der Waals surface area contributed by atoms with Gasteiger partial charge >= 0.3 is 0 Å². The second-order valence-corrected chi connectivity index (χ2v) is 8.19. The van der Waals surface area contributed by atoms with Gasteiger partial charge in [0.25, 0.3) is 0 Å². The Morgan fingerprint density at radius 1 is 1.37 bits per heavy atom. The van der Waals surface area contributed by atoms with Gasteiger partial charge in [-0.2, -0.15) is 0 Å². The number of carbonyl (C=O) groups excluding carboxylic acids is 1. The van der Waals surface area contributed by atoms with Crippen molar-refractivity contribution in [3.8, 4) is 11.5 Å². The predicted molar refractivity (Wildman–Crippen MR) is 110 cm³/mol. The van der Waals surface area contributed by atoms with Crippen molar-refractivity contribution in [2.45, 2.75) is 103 Å². The summed E-state index contributed by atoms with van der Waals surface area (Å²) in [6.07, 6.45) is -3.08. The van der Waals surface area contributed by atoms with Crippen molar-refractivity contribution in [1.82, 2.24) is 0 Å². The summed E-state index contributed by atoms with van der Waals surface area (Å²) in [6.45, 7) is -1.45. The van der Waals surface area contributed by atoms with Crippen molar-refractivity contribution < 1.29 is 31.1 Å². The number of benzene rings is 1. The Bertz CT molecular complexity index is 1120. The summed E-state index contributed by atoms with van der Waals surface area (Å²) in [4.78, 5) is 13.0. The van der Waals surface area contributed by atoms with Gasteiger partial charge in [-0.15, -0.1) is 0 Å². The highest BCUT2D eigenvalue weighted by atomic mass is 16.5. The van der Waals surface area contributed by atoms with E-state index in [1.807, 2.05) is 6.92 Å². The van der Waals surface area contributed by atoms with E-state index in [0.717, 1.165) is 25.7 Å². The fourth-order valence-corrected chi connectivity index (χ4v) is 3.83. The highest BCUT2D eigenvalue weighted by molar-refractivity contribution is 5.81. The number of phenolic OH excluding ortho intramolecular Hbond substituents is 1. The molecule has 3 heteroatoms. The Kier molecular flexibility index (Phi) is 2.72. The molecule has 2 atom stereocenters. The maximum Gasteiger partial charge on any atom is 0.133 e. The fourth-order valence-electron chi connectivity index (χ4n) is 3.83. The Morgan fingerprint density at radius 3 is 2.85 bits per heavy atom. The van der Waals surface area contributed by atoms with E-state index in [-0.39, 0.29) is 5.56 Å². The van der Waals surface area contributed by atoms with Crippen LogP contribution in [0.15, 0.2) is 12.1 Å². The zero-order valence-corrected chi connectivity index (χ0v) is 16.2. The maximum atomic E-state index is 13.0. The SMILES string of the molecule is [2H]c1c(O)c2c(c([2H])c1C(C)(C)CCCCCC)OC(C([2H])([2H])[2H])(C([2H])([2H])[2H])[C@@H]1CC([2H])([2H])C(=O)C([2H])([2H])[C@@H]21. The third-order valence-electron chi connectivity index (χ3n) is 5.58. The van der Waals surface area contributed by atoms with E-state index in [9.17, 15) is 9.90 Å². The van der Waals surface area contributed by atoms with E-state index in [4.69, 9.17) is 21.2 Å². The van der Waals surface area contributed by atoms with Gasteiger partial charge < -0.3 is 9.84 Å². The molecule has 0 aromatic heterocycles. The zero-order chi connectivity index (χ0) is 30.1. The molecule has 2 aliphatic rings. The van der Waals surface area contributed by atoms with E-state index in [0.29, 0.717) is 6.42 Å². The summed E-state index contributed by atoms with van der Waals surface area (Å²) < 4.78 is 106. The molecule has 1 aliphatic carbocycles. The van der Waals surface area contributed by atoms with Crippen LogP contribution < -0.4 is 4.74 Å². The summed E-state index contributed by atoms with van der Waals surface area (Å²) >= 11 is 0. The Morgan fingerprint density at radius 2 is 2.15 bits per heavy atom. The van der Waals surface area contributed by atoms with Gasteiger partial charge in [-0.1, -0.05) is 46.5 Å². The lowest BCUT2D eigenvalue weighted by molar-refractivity contribution is -0.124. The van der Waals surface area contributed by atoms with E-state index in [1.54, 1.807) is 13.8 Å². The second kappa shape index (κ2) is 7.48. The lowest BCUT2D eigenvalue weighted by atomic mass is 9.66. The molecule has 1 N–H and O–H groups in total. The monoisotopic (exact) mass is 384 g/mol. The number of hydrogen-bond acceptors (Lipinski definition) is 3. The van der Waals surface area contributed by atoms with Gasteiger partial charge in [-0.25, -0.2) is 0 Å². The summed E-state index contributed by atoms with van der Waals surface area (Å²) in [5.74, 6) is -7.03. The molecule has 27 heavy (non-hydrogen) atoms. The van der Waals surface area contributed by atoms with E-state index in [1.165, 1.54) is 0 Å². The van der Waals surface area contributed by atoms with Gasteiger partial charge in [0.15, 0.2) is 0 Å². The first-order valence-electron chi connectivity index (χ1n) is 15.6. The molecule has 1 aliphatic heterocycles. The Hall–Kier alpha value is -1.51. The molecule has 1 saturated carbocycles. The molecule has 1 aromatic carbocycles. The molecule has 3 rings (SSSR count). The zero-order valence-electron chi connectivity index (χ0n) is 28.2. The average molecular weight is 385 g/mol. The van der Waals surface area contributed by atoms with Crippen LogP contribution in [0.1, 0.15) is 119 Å². The molecule has 0 saturated heterocycles. The van der Waals surface area contributed by atoms with Crippen LogP contribution in [-0.4, -0.2) is 16.5 Å². The van der Waals surface area contributed by atoms with Crippen molar-refractivity contribution in [2.24, 2.45) is 5.92 Å². The van der Waals surface area contributed by atoms with Crippen molar-refractivity contribution in [2.75, 3.05) is 0 Å². The number of rotatable bonds is 6. The smallest absolute Gasteiger partial charge is 0.133 e. The minimum atomic E-state index is -3.48. The maximum absolute atomic E-state index is 13.0. The lowest BCUT2D eigenvalue weighted by Gasteiger charge is -2.47. The van der Waals surface area contributed by atoms with Gasteiger partial charge in [-0.3, -0.25) is 4.79 Å². The third-order valence-corrected chi connectivity index (χ3v) is 5.58. The quantitative estimate of drug-likeness (QED) is 0.588. The number of ether oxygens (including phenoxy) is 1. The first-order chi connectivity index (χ1) is 17.5. The number of Topliss-reactive ketones (excluding diaryl/α,β-unsaturated/α-hetero) is 1. The first kappa shape index (κ1) is 9.80. The molecule has 0 unspecified atom stereocenters. The number of aromatic hydroxyl groups is 1. The Balaban J connectivity index is 2.43. The molecule has 1 fully saturated rings. The molecule has 0 radical (unpaired) electrons. The van der Waals surface area contributed by atoms with Crippen LogP contribution in [0.4, 0.5) is 0 Å². The first-order valence-corrected chi connectivity index (χ1v) is 9.61. The second-order valence-electron chi connectivity index (χ2n) is 8.19. The number of unbranched alkanes of at least 4 members (excludes halogenated alkanes) is 3. The number of ketones is 1. The van der Waals surface area contributed by atoms with Crippen LogP contribution in [-0.2, 0) is 10.2 Å². The number of fused-ring (bicyclic) bond motifs is 3. The number of carbonyl (C=O) groups is 1. The lowest BCUT2D eigenvalue weighted by Crippen LogP contribution is -2.47. The molecule has 1 aromatic rings. The standard InChI is InChI=1S/C24H36O3/c1-6-7-8-9-12-23(2,3)16-13-20(26)22-18-15-17(25)10-11-19(18)24(4,5)27-21(22)14-16/h13-14,18-19,26H,6-12,15H2,1-5H3/t18-,19-/m1/s1/i4D3,5D3,10D2,13D,14D,15D2. The summed E-state index contributed by atoms with van der Waals surface area (Å²) in [7, 11) is 0. The average Bonchev–Trinajstić information content (AvgIpc) is 2.76. The van der Waals surface area contributed by atoms with Crippen LogP contribution in [0.5, 0.6) is 11.5 Å². The van der Waals surface area contributed by atoms with Crippen molar-refractivity contribution in [3.05, 3.63) is 23.2 Å². The van der Waals surface area contributed by atoms with Crippen molar-refractivity contribution in [1.29, 1.82) is 0 Å². The van der Waals surface area contributed by atoms with Gasteiger partial charge in [0.1, 0.15) is 22.9 Å². The van der Waals surface area contributed by atoms with Gasteiger partial charge in [0, 0.05) is 43.9 Å². The fraction of sp³-hybridized carbons (Fsp3) is 0.708. The van der Waals surface area contributed by atoms with Crippen molar-refractivity contribution in [3.63, 3.8) is 0 Å². The van der Waals surface area contributed by atoms with E-state index in [2.05, 4.69) is 0 Å². The third kappa shape index (κ3) is 4.02.